The maximum atomic E-state index is 13.1. The topological polar surface area (TPSA) is 38.7 Å². The minimum absolute atomic E-state index is 0.0559. The molecule has 5 heteroatoms. The number of benzene rings is 2. The van der Waals surface area contributed by atoms with Crippen molar-refractivity contribution in [3.8, 4) is 11.5 Å². The quantitative estimate of drug-likeness (QED) is 0.942. The molecule has 3 rings (SSSR count). The second kappa shape index (κ2) is 5.31. The Morgan fingerprint density at radius 3 is 2.75 bits per heavy atom. The maximum absolute atomic E-state index is 13.1. The van der Waals surface area contributed by atoms with Crippen molar-refractivity contribution in [2.45, 2.75) is 12.5 Å². The predicted octanol–water partition coefficient (Wildman–Crippen LogP) is 3.48. The van der Waals surface area contributed by atoms with Gasteiger partial charge in [0.15, 0.2) is 11.5 Å². The summed E-state index contributed by atoms with van der Waals surface area (Å²) in [7, 11) is 0. The SMILES string of the molecule is OC(Cc1ccc(F)c(Cl)c1)c1ccc2c(c1)OCO2. The number of aliphatic hydroxyl groups excluding tert-OH is 1. The Labute approximate surface area is 120 Å². The van der Waals surface area contributed by atoms with E-state index in [1.54, 1.807) is 24.3 Å². The largest absolute Gasteiger partial charge is 0.454 e. The van der Waals surface area contributed by atoms with Crippen molar-refractivity contribution in [3.63, 3.8) is 0 Å². The van der Waals surface area contributed by atoms with E-state index in [0.29, 0.717) is 17.9 Å². The van der Waals surface area contributed by atoms with Crippen molar-refractivity contribution in [1.29, 1.82) is 0 Å². The lowest BCUT2D eigenvalue weighted by molar-refractivity contribution is 0.171. The van der Waals surface area contributed by atoms with E-state index in [9.17, 15) is 9.50 Å². The van der Waals surface area contributed by atoms with Gasteiger partial charge in [0, 0.05) is 6.42 Å². The Kier molecular flexibility index (Phi) is 3.51. The summed E-state index contributed by atoms with van der Waals surface area (Å²) in [5.74, 6) is 0.831. The third kappa shape index (κ3) is 2.57. The highest BCUT2D eigenvalue weighted by Gasteiger charge is 2.17. The number of halogens is 2. The Balaban J connectivity index is 1.78. The zero-order valence-electron chi connectivity index (χ0n) is 10.5. The molecule has 2 aromatic carbocycles. The minimum Gasteiger partial charge on any atom is -0.454 e. The summed E-state index contributed by atoms with van der Waals surface area (Å²) in [6.07, 6.45) is -0.370. The molecule has 1 unspecified atom stereocenters. The zero-order chi connectivity index (χ0) is 14.1. The number of rotatable bonds is 3. The monoisotopic (exact) mass is 294 g/mol. The molecule has 3 nitrogen and oxygen atoms in total. The van der Waals surface area contributed by atoms with Crippen molar-refractivity contribution in [2.24, 2.45) is 0 Å². The predicted molar refractivity (Wildman–Crippen MR) is 72.6 cm³/mol. The lowest BCUT2D eigenvalue weighted by Gasteiger charge is -2.12. The second-order valence-electron chi connectivity index (χ2n) is 4.58. The third-order valence-corrected chi connectivity index (χ3v) is 3.48. The first-order chi connectivity index (χ1) is 9.63. The van der Waals surface area contributed by atoms with Gasteiger partial charge < -0.3 is 14.6 Å². The Morgan fingerprint density at radius 2 is 1.95 bits per heavy atom. The van der Waals surface area contributed by atoms with Gasteiger partial charge in [-0.25, -0.2) is 4.39 Å². The van der Waals surface area contributed by atoms with Crippen molar-refractivity contribution in [1.82, 2.24) is 0 Å². The maximum Gasteiger partial charge on any atom is 0.231 e. The molecular weight excluding hydrogens is 283 g/mol. The summed E-state index contributed by atoms with van der Waals surface area (Å²) in [4.78, 5) is 0. The first kappa shape index (κ1) is 13.2. The fourth-order valence-electron chi connectivity index (χ4n) is 2.13. The van der Waals surface area contributed by atoms with Crippen LogP contribution in [0.1, 0.15) is 17.2 Å². The molecule has 1 heterocycles. The summed E-state index contributed by atoms with van der Waals surface area (Å²) in [5, 5.41) is 10.3. The van der Waals surface area contributed by atoms with Crippen molar-refractivity contribution < 1.29 is 19.0 Å². The smallest absolute Gasteiger partial charge is 0.231 e. The zero-order valence-corrected chi connectivity index (χ0v) is 11.2. The molecule has 0 fully saturated rings. The molecule has 1 N–H and O–H groups in total. The molecule has 104 valence electrons. The average Bonchev–Trinajstić information content (AvgIpc) is 2.90. The van der Waals surface area contributed by atoms with Gasteiger partial charge in [0.25, 0.3) is 0 Å². The lowest BCUT2D eigenvalue weighted by atomic mass is 10.0. The Morgan fingerprint density at radius 1 is 1.15 bits per heavy atom. The van der Waals surface area contributed by atoms with E-state index >= 15 is 0 Å². The molecule has 0 aromatic heterocycles. The van der Waals surface area contributed by atoms with Crippen molar-refractivity contribution >= 4 is 11.6 Å². The van der Waals surface area contributed by atoms with E-state index in [1.165, 1.54) is 12.1 Å². The van der Waals surface area contributed by atoms with Crippen LogP contribution < -0.4 is 9.47 Å². The highest BCUT2D eigenvalue weighted by atomic mass is 35.5. The van der Waals surface area contributed by atoms with Gasteiger partial charge in [-0.3, -0.25) is 0 Å². The third-order valence-electron chi connectivity index (χ3n) is 3.19. The van der Waals surface area contributed by atoms with E-state index in [1.807, 2.05) is 0 Å². The van der Waals surface area contributed by atoms with Crippen molar-refractivity contribution in [3.05, 3.63) is 58.4 Å². The molecule has 1 aliphatic heterocycles. The molecule has 0 bridgehead atoms. The first-order valence-electron chi connectivity index (χ1n) is 6.15. The molecular formula is C15H12ClFO3. The summed E-state index contributed by atoms with van der Waals surface area (Å²) >= 11 is 5.73. The van der Waals surface area contributed by atoms with Crippen LogP contribution in [0.3, 0.4) is 0 Å². The fourth-order valence-corrected chi connectivity index (χ4v) is 2.33. The number of hydrogen-bond acceptors (Lipinski definition) is 3. The van der Waals surface area contributed by atoms with Gasteiger partial charge >= 0.3 is 0 Å². The molecule has 0 amide bonds. The van der Waals surface area contributed by atoms with Crippen LogP contribution in [0.25, 0.3) is 0 Å². The molecule has 0 saturated heterocycles. The van der Waals surface area contributed by atoms with Crippen LogP contribution in [0.15, 0.2) is 36.4 Å². The fraction of sp³-hybridized carbons (Fsp3) is 0.200. The molecule has 1 atom stereocenters. The van der Waals surface area contributed by atoms with E-state index < -0.39 is 11.9 Å². The summed E-state index contributed by atoms with van der Waals surface area (Å²) in [5.41, 5.74) is 1.48. The summed E-state index contributed by atoms with van der Waals surface area (Å²) in [6.45, 7) is 0.197. The van der Waals surface area contributed by atoms with E-state index in [2.05, 4.69) is 0 Å². The van der Waals surface area contributed by atoms with Crippen LogP contribution in [0.4, 0.5) is 4.39 Å². The summed E-state index contributed by atoms with van der Waals surface area (Å²) in [6, 6.07) is 9.72. The van der Waals surface area contributed by atoms with Gasteiger partial charge in [0.05, 0.1) is 11.1 Å². The molecule has 2 aromatic rings. The van der Waals surface area contributed by atoms with Gasteiger partial charge in [0.1, 0.15) is 5.82 Å². The van der Waals surface area contributed by atoms with E-state index in [-0.39, 0.29) is 11.8 Å². The average molecular weight is 295 g/mol. The van der Waals surface area contributed by atoms with Gasteiger partial charge in [-0.2, -0.15) is 0 Å². The van der Waals surface area contributed by atoms with Gasteiger partial charge in [-0.1, -0.05) is 23.7 Å². The van der Waals surface area contributed by atoms with Gasteiger partial charge in [-0.15, -0.1) is 0 Å². The van der Waals surface area contributed by atoms with Crippen LogP contribution >= 0.6 is 11.6 Å². The van der Waals surface area contributed by atoms with Gasteiger partial charge in [-0.05, 0) is 35.4 Å². The Hall–Kier alpha value is -1.78. The number of hydrogen-bond donors (Lipinski definition) is 1. The van der Waals surface area contributed by atoms with Crippen LogP contribution in [0, 0.1) is 5.82 Å². The molecule has 20 heavy (non-hydrogen) atoms. The second-order valence-corrected chi connectivity index (χ2v) is 4.99. The van der Waals surface area contributed by atoms with Gasteiger partial charge in [0.2, 0.25) is 6.79 Å². The highest BCUT2D eigenvalue weighted by molar-refractivity contribution is 6.30. The van der Waals surface area contributed by atoms with Crippen molar-refractivity contribution in [2.75, 3.05) is 6.79 Å². The molecule has 0 saturated carbocycles. The van der Waals surface area contributed by atoms with E-state index in [0.717, 1.165) is 11.1 Å². The number of fused-ring (bicyclic) bond motifs is 1. The normalized spacial score (nSPS) is 14.3. The highest BCUT2D eigenvalue weighted by Crippen LogP contribution is 2.34. The minimum atomic E-state index is -0.717. The molecule has 0 spiro atoms. The Bertz CT molecular complexity index is 645. The number of aliphatic hydroxyl groups is 1. The van der Waals surface area contributed by atoms with Crippen LogP contribution in [-0.4, -0.2) is 11.9 Å². The first-order valence-corrected chi connectivity index (χ1v) is 6.53. The molecule has 0 radical (unpaired) electrons. The van der Waals surface area contributed by atoms with Crippen LogP contribution in [0.5, 0.6) is 11.5 Å². The number of ether oxygens (including phenoxy) is 2. The molecule has 1 aliphatic rings. The van der Waals surface area contributed by atoms with Crippen LogP contribution in [0.2, 0.25) is 5.02 Å². The lowest BCUT2D eigenvalue weighted by Crippen LogP contribution is -2.02. The van der Waals surface area contributed by atoms with E-state index in [4.69, 9.17) is 21.1 Å². The standard InChI is InChI=1S/C15H12ClFO3/c16-11-5-9(1-3-12(11)17)6-13(18)10-2-4-14-15(7-10)20-8-19-14/h1-5,7,13,18H,6,8H2. The molecule has 0 aliphatic carbocycles. The van der Waals surface area contributed by atoms with Crippen LogP contribution in [-0.2, 0) is 6.42 Å². The summed E-state index contributed by atoms with van der Waals surface area (Å²) < 4.78 is 23.6.